The second-order valence-corrected chi connectivity index (χ2v) is 5.60. The number of methoxy groups -OCH3 is 2. The second-order valence-electron chi connectivity index (χ2n) is 5.19. The topological polar surface area (TPSA) is 57.1 Å². The molecule has 0 saturated heterocycles. The van der Waals surface area contributed by atoms with Gasteiger partial charge < -0.3 is 14.2 Å². The Hall–Kier alpha value is -2.93. The first-order valence-corrected chi connectivity index (χ1v) is 7.70. The number of halogens is 3. The van der Waals surface area contributed by atoms with Gasteiger partial charge in [-0.2, -0.15) is 0 Å². The third-order valence-electron chi connectivity index (χ3n) is 3.59. The largest absolute Gasteiger partial charge is 0.497 e. The highest BCUT2D eigenvalue weighted by atomic mass is 35.5. The quantitative estimate of drug-likeness (QED) is 0.458. The molecule has 134 valence electrons. The maximum absolute atomic E-state index is 13.5. The fourth-order valence-corrected chi connectivity index (χ4v) is 2.54. The van der Waals surface area contributed by atoms with Gasteiger partial charge in [-0.3, -0.25) is 0 Å². The molecule has 0 unspecified atom stereocenters. The SMILES string of the molecule is COc1ccc(OC)c(/C=C2/N=C(c3cc(F)c(F)cc3Cl)OC2=O)c1. The molecule has 26 heavy (non-hydrogen) atoms. The Morgan fingerprint density at radius 3 is 2.54 bits per heavy atom. The molecule has 0 aromatic heterocycles. The van der Waals surface area contributed by atoms with Gasteiger partial charge in [0, 0.05) is 5.56 Å². The fourth-order valence-electron chi connectivity index (χ4n) is 2.31. The Morgan fingerprint density at radius 1 is 1.12 bits per heavy atom. The van der Waals surface area contributed by atoms with Gasteiger partial charge >= 0.3 is 5.97 Å². The van der Waals surface area contributed by atoms with Crippen molar-refractivity contribution in [3.63, 3.8) is 0 Å². The summed E-state index contributed by atoms with van der Waals surface area (Å²) in [6.45, 7) is 0. The summed E-state index contributed by atoms with van der Waals surface area (Å²) in [5.74, 6) is -2.18. The van der Waals surface area contributed by atoms with Crippen LogP contribution in [0.15, 0.2) is 41.0 Å². The first kappa shape index (κ1) is 17.9. The lowest BCUT2D eigenvalue weighted by Crippen LogP contribution is -2.07. The molecule has 2 aromatic carbocycles. The lowest BCUT2D eigenvalue weighted by atomic mass is 10.1. The molecule has 0 bridgehead atoms. The minimum Gasteiger partial charge on any atom is -0.497 e. The number of ether oxygens (including phenoxy) is 3. The summed E-state index contributed by atoms with van der Waals surface area (Å²) in [7, 11) is 2.98. The van der Waals surface area contributed by atoms with Crippen molar-refractivity contribution < 1.29 is 27.8 Å². The molecule has 3 rings (SSSR count). The number of nitrogens with zero attached hydrogens (tertiary/aromatic N) is 1. The number of aliphatic imine (C=N–C) groups is 1. The third kappa shape index (κ3) is 3.39. The monoisotopic (exact) mass is 379 g/mol. The molecule has 0 fully saturated rings. The Labute approximate surface area is 152 Å². The Kier molecular flexibility index (Phi) is 4.90. The van der Waals surface area contributed by atoms with Crippen LogP contribution in [-0.4, -0.2) is 26.1 Å². The van der Waals surface area contributed by atoms with Crippen molar-refractivity contribution in [3.8, 4) is 11.5 Å². The summed E-state index contributed by atoms with van der Waals surface area (Å²) in [5, 5.41) is -0.129. The molecule has 0 radical (unpaired) electrons. The minimum absolute atomic E-state index is 0.0278. The van der Waals surface area contributed by atoms with Crippen LogP contribution in [0.25, 0.3) is 6.08 Å². The van der Waals surface area contributed by atoms with E-state index in [0.717, 1.165) is 12.1 Å². The highest BCUT2D eigenvalue weighted by Gasteiger charge is 2.27. The van der Waals surface area contributed by atoms with Gasteiger partial charge in [0.25, 0.3) is 0 Å². The fraction of sp³-hybridized carbons (Fsp3) is 0.111. The Bertz CT molecular complexity index is 956. The van der Waals surface area contributed by atoms with E-state index < -0.39 is 17.6 Å². The third-order valence-corrected chi connectivity index (χ3v) is 3.90. The average molecular weight is 380 g/mol. The van der Waals surface area contributed by atoms with E-state index in [9.17, 15) is 13.6 Å². The summed E-state index contributed by atoms with van der Waals surface area (Å²) < 4.78 is 42.1. The van der Waals surface area contributed by atoms with Gasteiger partial charge in [-0.25, -0.2) is 18.6 Å². The number of carbonyl (C=O) groups excluding carboxylic acids is 1. The molecule has 5 nitrogen and oxygen atoms in total. The van der Waals surface area contributed by atoms with Crippen LogP contribution in [0.3, 0.4) is 0 Å². The van der Waals surface area contributed by atoms with Crippen molar-refractivity contribution in [3.05, 3.63) is 63.8 Å². The standard InChI is InChI=1S/C18H12ClF2NO4/c1-24-10-3-4-16(25-2)9(5-10)6-15-18(23)26-17(22-15)11-7-13(20)14(21)8-12(11)19/h3-8H,1-2H3/b15-6+. The summed E-state index contributed by atoms with van der Waals surface area (Å²) in [6.07, 6.45) is 1.43. The molecule has 0 spiro atoms. The maximum atomic E-state index is 13.5. The molecule has 8 heteroatoms. The van der Waals surface area contributed by atoms with E-state index in [-0.39, 0.29) is 22.2 Å². The highest BCUT2D eigenvalue weighted by molar-refractivity contribution is 6.34. The first-order chi connectivity index (χ1) is 12.4. The predicted octanol–water partition coefficient (Wildman–Crippen LogP) is 3.98. The molecule has 0 aliphatic carbocycles. The van der Waals surface area contributed by atoms with E-state index in [1.165, 1.54) is 20.3 Å². The number of benzene rings is 2. The molecule has 0 amide bonds. The molecule has 0 saturated carbocycles. The van der Waals surface area contributed by atoms with Gasteiger partial charge in [-0.05, 0) is 36.4 Å². The van der Waals surface area contributed by atoms with Crippen LogP contribution in [0.1, 0.15) is 11.1 Å². The molecular weight excluding hydrogens is 368 g/mol. The number of carbonyl (C=O) groups is 1. The summed E-state index contributed by atoms with van der Waals surface area (Å²) in [4.78, 5) is 16.1. The number of hydrogen-bond acceptors (Lipinski definition) is 5. The highest BCUT2D eigenvalue weighted by Crippen LogP contribution is 2.29. The maximum Gasteiger partial charge on any atom is 0.363 e. The van der Waals surface area contributed by atoms with Crippen LogP contribution in [-0.2, 0) is 9.53 Å². The Balaban J connectivity index is 2.04. The van der Waals surface area contributed by atoms with Gasteiger partial charge in [-0.1, -0.05) is 11.6 Å². The van der Waals surface area contributed by atoms with Crippen molar-refractivity contribution in [2.45, 2.75) is 0 Å². The number of hydrogen-bond donors (Lipinski definition) is 0. The summed E-state index contributed by atoms with van der Waals surface area (Å²) >= 11 is 5.89. The van der Waals surface area contributed by atoms with Crippen molar-refractivity contribution in [1.29, 1.82) is 0 Å². The van der Waals surface area contributed by atoms with Crippen molar-refractivity contribution in [1.82, 2.24) is 0 Å². The zero-order valence-electron chi connectivity index (χ0n) is 13.7. The molecule has 2 aromatic rings. The normalized spacial score (nSPS) is 15.0. The zero-order valence-corrected chi connectivity index (χ0v) is 14.4. The minimum atomic E-state index is -1.13. The molecule has 0 atom stereocenters. The van der Waals surface area contributed by atoms with E-state index in [2.05, 4.69) is 4.99 Å². The predicted molar refractivity (Wildman–Crippen MR) is 91.5 cm³/mol. The van der Waals surface area contributed by atoms with Crippen molar-refractivity contribution >= 4 is 29.5 Å². The second kappa shape index (κ2) is 7.13. The molecule has 1 aliphatic rings. The van der Waals surface area contributed by atoms with Gasteiger partial charge in [0.2, 0.25) is 5.90 Å². The Morgan fingerprint density at radius 2 is 1.85 bits per heavy atom. The van der Waals surface area contributed by atoms with Gasteiger partial charge in [-0.15, -0.1) is 0 Å². The molecule has 1 heterocycles. The number of cyclic esters (lactones) is 1. The van der Waals surface area contributed by atoms with Crippen LogP contribution < -0.4 is 9.47 Å². The molecule has 0 N–H and O–H groups in total. The van der Waals surface area contributed by atoms with Crippen molar-refractivity contribution in [2.75, 3.05) is 14.2 Å². The molecular formula is C18H12ClF2NO4. The van der Waals surface area contributed by atoms with E-state index in [4.69, 9.17) is 25.8 Å². The smallest absolute Gasteiger partial charge is 0.363 e. The van der Waals surface area contributed by atoms with E-state index in [0.29, 0.717) is 17.1 Å². The van der Waals surface area contributed by atoms with Gasteiger partial charge in [0.05, 0.1) is 24.8 Å². The number of esters is 1. The molecule has 1 aliphatic heterocycles. The van der Waals surface area contributed by atoms with E-state index in [1.807, 2.05) is 0 Å². The van der Waals surface area contributed by atoms with Crippen LogP contribution in [0.5, 0.6) is 11.5 Å². The summed E-state index contributed by atoms with van der Waals surface area (Å²) in [6, 6.07) is 6.62. The average Bonchev–Trinajstić information content (AvgIpc) is 2.98. The van der Waals surface area contributed by atoms with E-state index in [1.54, 1.807) is 18.2 Å². The van der Waals surface area contributed by atoms with Crippen LogP contribution >= 0.6 is 11.6 Å². The lowest BCUT2D eigenvalue weighted by molar-refractivity contribution is -0.129. The zero-order chi connectivity index (χ0) is 18.8. The van der Waals surface area contributed by atoms with Crippen molar-refractivity contribution in [2.24, 2.45) is 4.99 Å². The van der Waals surface area contributed by atoms with Gasteiger partial charge in [0.1, 0.15) is 11.5 Å². The van der Waals surface area contributed by atoms with Crippen LogP contribution in [0.2, 0.25) is 5.02 Å². The number of rotatable bonds is 4. The van der Waals surface area contributed by atoms with Gasteiger partial charge in [0.15, 0.2) is 17.3 Å². The van der Waals surface area contributed by atoms with Crippen LogP contribution in [0.4, 0.5) is 8.78 Å². The summed E-state index contributed by atoms with van der Waals surface area (Å²) in [5.41, 5.74) is 0.451. The van der Waals surface area contributed by atoms with E-state index >= 15 is 0 Å². The van der Waals surface area contributed by atoms with Crippen LogP contribution in [0, 0.1) is 11.6 Å². The lowest BCUT2D eigenvalue weighted by Gasteiger charge is -2.07. The first-order valence-electron chi connectivity index (χ1n) is 7.32.